The Kier molecular flexibility index (Phi) is 6.19. The fraction of sp³-hybridized carbons (Fsp3) is 0.571. The van der Waals surface area contributed by atoms with E-state index in [2.05, 4.69) is 24.0 Å². The van der Waals surface area contributed by atoms with Crippen molar-refractivity contribution in [3.8, 4) is 0 Å². The molecule has 3 N–H and O–H groups in total. The summed E-state index contributed by atoms with van der Waals surface area (Å²) in [6.07, 6.45) is 0.796. The number of nitrogens with zero attached hydrogens (tertiary/aromatic N) is 1. The molecule has 0 aliphatic heterocycles. The highest BCUT2D eigenvalue weighted by Crippen LogP contribution is 2.23. The van der Waals surface area contributed by atoms with E-state index in [1.54, 1.807) is 0 Å². The SMILES string of the molecule is CCN(CCCO)C(c1ccccc1)C(C)N. The summed E-state index contributed by atoms with van der Waals surface area (Å²) in [5.41, 5.74) is 7.36. The first kappa shape index (κ1) is 14.2. The minimum absolute atomic E-state index is 0.0797. The first-order valence-corrected chi connectivity index (χ1v) is 6.36. The van der Waals surface area contributed by atoms with Gasteiger partial charge in [0.05, 0.1) is 0 Å². The second kappa shape index (κ2) is 7.43. The molecule has 0 saturated carbocycles. The molecule has 0 radical (unpaired) electrons. The van der Waals surface area contributed by atoms with Gasteiger partial charge in [0.1, 0.15) is 0 Å². The Labute approximate surface area is 104 Å². The smallest absolute Gasteiger partial charge is 0.0496 e. The molecule has 0 aromatic heterocycles. The topological polar surface area (TPSA) is 49.5 Å². The van der Waals surface area contributed by atoms with Crippen LogP contribution >= 0.6 is 0 Å². The van der Waals surface area contributed by atoms with E-state index in [4.69, 9.17) is 10.8 Å². The molecular formula is C14H24N2O. The zero-order valence-corrected chi connectivity index (χ0v) is 10.8. The van der Waals surface area contributed by atoms with E-state index in [1.807, 2.05) is 25.1 Å². The molecule has 0 heterocycles. The van der Waals surface area contributed by atoms with Gasteiger partial charge < -0.3 is 10.8 Å². The predicted octanol–water partition coefficient (Wildman–Crippen LogP) is 1.78. The Morgan fingerprint density at radius 3 is 2.41 bits per heavy atom. The third kappa shape index (κ3) is 4.11. The Morgan fingerprint density at radius 1 is 1.29 bits per heavy atom. The van der Waals surface area contributed by atoms with E-state index >= 15 is 0 Å². The maximum absolute atomic E-state index is 8.94. The van der Waals surface area contributed by atoms with Crippen molar-refractivity contribution in [2.75, 3.05) is 19.7 Å². The van der Waals surface area contributed by atoms with Gasteiger partial charge in [-0.25, -0.2) is 0 Å². The summed E-state index contributed by atoms with van der Waals surface area (Å²) < 4.78 is 0. The minimum Gasteiger partial charge on any atom is -0.396 e. The maximum Gasteiger partial charge on any atom is 0.0496 e. The van der Waals surface area contributed by atoms with Crippen LogP contribution in [0.15, 0.2) is 30.3 Å². The molecule has 3 heteroatoms. The summed E-state index contributed by atoms with van der Waals surface area (Å²) in [7, 11) is 0. The Hall–Kier alpha value is -0.900. The highest BCUT2D eigenvalue weighted by molar-refractivity contribution is 5.20. The second-order valence-electron chi connectivity index (χ2n) is 4.42. The summed E-state index contributed by atoms with van der Waals surface area (Å²) >= 11 is 0. The normalized spacial score (nSPS) is 14.9. The van der Waals surface area contributed by atoms with Crippen LogP contribution in [0.25, 0.3) is 0 Å². The van der Waals surface area contributed by atoms with Crippen LogP contribution in [0.5, 0.6) is 0 Å². The lowest BCUT2D eigenvalue weighted by Crippen LogP contribution is -2.40. The highest BCUT2D eigenvalue weighted by Gasteiger charge is 2.22. The molecule has 0 spiro atoms. The molecule has 17 heavy (non-hydrogen) atoms. The van der Waals surface area contributed by atoms with Gasteiger partial charge in [-0.1, -0.05) is 37.3 Å². The van der Waals surface area contributed by atoms with Gasteiger partial charge in [-0.2, -0.15) is 0 Å². The van der Waals surface area contributed by atoms with Crippen molar-refractivity contribution in [3.63, 3.8) is 0 Å². The third-order valence-electron chi connectivity index (χ3n) is 3.04. The van der Waals surface area contributed by atoms with E-state index in [-0.39, 0.29) is 18.7 Å². The first-order chi connectivity index (χ1) is 8.20. The number of hydrogen-bond acceptors (Lipinski definition) is 3. The molecule has 3 nitrogen and oxygen atoms in total. The summed E-state index contributed by atoms with van der Waals surface area (Å²) in [6.45, 7) is 6.24. The summed E-state index contributed by atoms with van der Waals surface area (Å²) in [4.78, 5) is 2.33. The highest BCUT2D eigenvalue weighted by atomic mass is 16.3. The number of aliphatic hydroxyl groups is 1. The van der Waals surface area contributed by atoms with Crippen LogP contribution < -0.4 is 5.73 Å². The van der Waals surface area contributed by atoms with Crippen LogP contribution in [0, 0.1) is 0 Å². The fourth-order valence-corrected chi connectivity index (χ4v) is 2.26. The fourth-order valence-electron chi connectivity index (χ4n) is 2.26. The van der Waals surface area contributed by atoms with Crippen LogP contribution in [0.1, 0.15) is 31.9 Å². The number of nitrogens with two attached hydrogens (primary N) is 1. The molecule has 1 aromatic rings. The van der Waals surface area contributed by atoms with E-state index in [9.17, 15) is 0 Å². The predicted molar refractivity (Wildman–Crippen MR) is 71.8 cm³/mol. The van der Waals surface area contributed by atoms with Crippen molar-refractivity contribution in [1.82, 2.24) is 4.90 Å². The Morgan fingerprint density at radius 2 is 1.94 bits per heavy atom. The van der Waals surface area contributed by atoms with Gasteiger partial charge in [-0.3, -0.25) is 4.90 Å². The molecule has 1 aromatic carbocycles. The number of likely N-dealkylation sites (N-methyl/N-ethyl adjacent to an activating group) is 1. The maximum atomic E-state index is 8.94. The van der Waals surface area contributed by atoms with Gasteiger partial charge in [0, 0.05) is 25.2 Å². The first-order valence-electron chi connectivity index (χ1n) is 6.36. The lowest BCUT2D eigenvalue weighted by molar-refractivity contribution is 0.165. The molecule has 0 saturated heterocycles. The minimum atomic E-state index is 0.0797. The van der Waals surface area contributed by atoms with Crippen molar-refractivity contribution in [1.29, 1.82) is 0 Å². The van der Waals surface area contributed by atoms with Crippen molar-refractivity contribution in [2.24, 2.45) is 5.73 Å². The zero-order chi connectivity index (χ0) is 12.7. The van der Waals surface area contributed by atoms with Gasteiger partial charge in [-0.15, -0.1) is 0 Å². The standard InChI is InChI=1S/C14H24N2O/c1-3-16(10-7-11-17)14(12(2)15)13-8-5-4-6-9-13/h4-6,8-9,12,14,17H,3,7,10-11,15H2,1-2H3. The monoisotopic (exact) mass is 236 g/mol. The molecule has 2 unspecified atom stereocenters. The lowest BCUT2D eigenvalue weighted by Gasteiger charge is -2.33. The molecule has 1 rings (SSSR count). The quantitative estimate of drug-likeness (QED) is 0.758. The summed E-state index contributed by atoms with van der Waals surface area (Å²) in [5, 5.41) is 8.94. The van der Waals surface area contributed by atoms with Gasteiger partial charge in [0.2, 0.25) is 0 Å². The molecule has 0 fully saturated rings. The largest absolute Gasteiger partial charge is 0.396 e. The molecule has 96 valence electrons. The second-order valence-corrected chi connectivity index (χ2v) is 4.42. The zero-order valence-electron chi connectivity index (χ0n) is 10.8. The Bertz CT molecular complexity index is 300. The van der Waals surface area contributed by atoms with Crippen molar-refractivity contribution in [2.45, 2.75) is 32.4 Å². The number of rotatable bonds is 7. The van der Waals surface area contributed by atoms with Crippen LogP contribution in [0.4, 0.5) is 0 Å². The Balaban J connectivity index is 2.83. The number of hydrogen-bond donors (Lipinski definition) is 2. The van der Waals surface area contributed by atoms with Crippen molar-refractivity contribution >= 4 is 0 Å². The molecule has 0 aliphatic carbocycles. The van der Waals surface area contributed by atoms with E-state index in [0.717, 1.165) is 19.5 Å². The number of aliphatic hydroxyl groups excluding tert-OH is 1. The van der Waals surface area contributed by atoms with Crippen LogP contribution in [-0.2, 0) is 0 Å². The molecule has 2 atom stereocenters. The van der Waals surface area contributed by atoms with Gasteiger partial charge in [-0.05, 0) is 25.5 Å². The van der Waals surface area contributed by atoms with E-state index < -0.39 is 0 Å². The molecule has 0 aliphatic rings. The average Bonchev–Trinajstić information content (AvgIpc) is 2.35. The number of benzene rings is 1. The van der Waals surface area contributed by atoms with E-state index in [1.165, 1.54) is 5.56 Å². The van der Waals surface area contributed by atoms with Crippen LogP contribution in [-0.4, -0.2) is 35.7 Å². The molecule has 0 amide bonds. The van der Waals surface area contributed by atoms with Gasteiger partial charge in [0.25, 0.3) is 0 Å². The molecular weight excluding hydrogens is 212 g/mol. The summed E-state index contributed by atoms with van der Waals surface area (Å²) in [6, 6.07) is 10.7. The van der Waals surface area contributed by atoms with Crippen molar-refractivity contribution in [3.05, 3.63) is 35.9 Å². The van der Waals surface area contributed by atoms with Crippen molar-refractivity contribution < 1.29 is 5.11 Å². The lowest BCUT2D eigenvalue weighted by atomic mass is 9.99. The summed E-state index contributed by atoms with van der Waals surface area (Å²) in [5.74, 6) is 0. The van der Waals surface area contributed by atoms with Gasteiger partial charge in [0.15, 0.2) is 0 Å². The van der Waals surface area contributed by atoms with Gasteiger partial charge >= 0.3 is 0 Å². The van der Waals surface area contributed by atoms with E-state index in [0.29, 0.717) is 0 Å². The third-order valence-corrected chi connectivity index (χ3v) is 3.04. The molecule has 0 bridgehead atoms. The average molecular weight is 236 g/mol. The van der Waals surface area contributed by atoms with Crippen LogP contribution in [0.2, 0.25) is 0 Å². The van der Waals surface area contributed by atoms with Crippen LogP contribution in [0.3, 0.4) is 0 Å².